The van der Waals surface area contributed by atoms with Gasteiger partial charge in [-0.3, -0.25) is 0 Å². The first kappa shape index (κ1) is 7.25. The van der Waals surface area contributed by atoms with Gasteiger partial charge >= 0.3 is 0 Å². The molecule has 2 heteroatoms. The average Bonchev–Trinajstić information content (AvgIpc) is 2.49. The van der Waals surface area contributed by atoms with Crippen LogP contribution in [0.15, 0.2) is 18.2 Å². The van der Waals surface area contributed by atoms with E-state index >= 15 is 0 Å². The van der Waals surface area contributed by atoms with E-state index in [-0.39, 0.29) is 0 Å². The zero-order chi connectivity index (χ0) is 8.67. The summed E-state index contributed by atoms with van der Waals surface area (Å²) in [4.78, 5) is 0. The molecule has 0 N–H and O–H groups in total. The van der Waals surface area contributed by atoms with Gasteiger partial charge in [0.25, 0.3) is 0 Å². The molecule has 0 unspecified atom stereocenters. The summed E-state index contributed by atoms with van der Waals surface area (Å²) in [7, 11) is 0. The number of rotatable bonds is 1. The first-order valence-corrected chi connectivity index (χ1v) is 4.69. The van der Waals surface area contributed by atoms with Crippen molar-refractivity contribution in [2.24, 2.45) is 0 Å². The van der Waals surface area contributed by atoms with E-state index in [9.17, 15) is 0 Å². The first-order chi connectivity index (χ1) is 6.45. The summed E-state index contributed by atoms with van der Waals surface area (Å²) >= 11 is 0. The van der Waals surface area contributed by atoms with Crippen molar-refractivity contribution in [3.63, 3.8) is 0 Å². The van der Waals surface area contributed by atoms with Gasteiger partial charge in [0.15, 0.2) is 11.5 Å². The van der Waals surface area contributed by atoms with Gasteiger partial charge in [-0.2, -0.15) is 0 Å². The summed E-state index contributed by atoms with van der Waals surface area (Å²) in [6, 6.07) is 6.13. The monoisotopic (exact) mass is 175 g/mol. The molecule has 1 aromatic rings. The molecular formula is C11H11O2. The highest BCUT2D eigenvalue weighted by atomic mass is 16.7. The van der Waals surface area contributed by atoms with Crippen LogP contribution in [0.2, 0.25) is 0 Å². The molecule has 1 heterocycles. The number of hydrogen-bond donors (Lipinski definition) is 0. The Hall–Kier alpha value is -1.18. The van der Waals surface area contributed by atoms with Gasteiger partial charge in [0.2, 0.25) is 6.79 Å². The number of ether oxygens (including phenoxy) is 2. The van der Waals surface area contributed by atoms with Crippen LogP contribution < -0.4 is 9.47 Å². The lowest BCUT2D eigenvalue weighted by atomic mass is 9.79. The third-order valence-electron chi connectivity index (χ3n) is 2.73. The molecule has 2 nitrogen and oxygen atoms in total. The normalized spacial score (nSPS) is 20.0. The predicted octanol–water partition coefficient (Wildman–Crippen LogP) is 2.52. The van der Waals surface area contributed by atoms with Gasteiger partial charge in [0.05, 0.1) is 0 Å². The molecule has 13 heavy (non-hydrogen) atoms. The van der Waals surface area contributed by atoms with E-state index in [1.165, 1.54) is 30.7 Å². The molecule has 67 valence electrons. The van der Waals surface area contributed by atoms with Crippen molar-refractivity contribution in [2.45, 2.75) is 19.3 Å². The number of fused-ring (bicyclic) bond motifs is 1. The molecule has 0 amide bonds. The zero-order valence-corrected chi connectivity index (χ0v) is 7.38. The van der Waals surface area contributed by atoms with E-state index in [0.717, 1.165) is 11.5 Å². The molecule has 1 radical (unpaired) electrons. The van der Waals surface area contributed by atoms with Crippen molar-refractivity contribution in [3.05, 3.63) is 29.7 Å². The fraction of sp³-hybridized carbons (Fsp3) is 0.364. The predicted molar refractivity (Wildman–Crippen MR) is 48.8 cm³/mol. The van der Waals surface area contributed by atoms with E-state index in [1.54, 1.807) is 0 Å². The van der Waals surface area contributed by atoms with Crippen LogP contribution in [0.25, 0.3) is 0 Å². The van der Waals surface area contributed by atoms with Gasteiger partial charge in [0, 0.05) is 11.5 Å². The van der Waals surface area contributed by atoms with E-state index in [4.69, 9.17) is 9.47 Å². The van der Waals surface area contributed by atoms with Gasteiger partial charge < -0.3 is 9.47 Å². The van der Waals surface area contributed by atoms with Crippen LogP contribution in [0, 0.1) is 5.92 Å². The van der Waals surface area contributed by atoms with Crippen molar-refractivity contribution >= 4 is 0 Å². The Labute approximate surface area is 77.5 Å². The molecule has 0 aromatic heterocycles. The molecule has 0 bridgehead atoms. The molecule has 0 atom stereocenters. The van der Waals surface area contributed by atoms with Crippen LogP contribution in [0.3, 0.4) is 0 Å². The fourth-order valence-electron chi connectivity index (χ4n) is 1.83. The maximum atomic E-state index is 5.44. The second kappa shape index (κ2) is 2.66. The van der Waals surface area contributed by atoms with Crippen molar-refractivity contribution < 1.29 is 9.47 Å². The molecule has 2 aliphatic rings. The highest BCUT2D eigenvalue weighted by molar-refractivity contribution is 5.54. The minimum atomic E-state index is 0.375. The maximum Gasteiger partial charge on any atom is 0.231 e. The summed E-state index contributed by atoms with van der Waals surface area (Å²) in [5.41, 5.74) is 1.27. The lowest BCUT2D eigenvalue weighted by Crippen LogP contribution is -2.10. The lowest BCUT2D eigenvalue weighted by Gasteiger charge is -2.25. The van der Waals surface area contributed by atoms with Crippen LogP contribution >= 0.6 is 0 Å². The molecule has 1 aromatic carbocycles. The molecule has 1 saturated carbocycles. The molecule has 1 aliphatic heterocycles. The summed E-state index contributed by atoms with van der Waals surface area (Å²) in [6.45, 7) is 0.375. The van der Waals surface area contributed by atoms with Crippen LogP contribution in [-0.2, 0) is 0 Å². The van der Waals surface area contributed by atoms with E-state index in [2.05, 4.69) is 6.07 Å². The molecule has 3 rings (SSSR count). The molecule has 1 aliphatic carbocycles. The topological polar surface area (TPSA) is 18.5 Å². The van der Waals surface area contributed by atoms with Gasteiger partial charge in [-0.15, -0.1) is 0 Å². The Morgan fingerprint density at radius 1 is 1.08 bits per heavy atom. The van der Waals surface area contributed by atoms with Crippen molar-refractivity contribution in [2.75, 3.05) is 6.79 Å². The second-order valence-electron chi connectivity index (χ2n) is 3.50. The highest BCUT2D eigenvalue weighted by Crippen LogP contribution is 2.45. The van der Waals surface area contributed by atoms with Gasteiger partial charge in [-0.25, -0.2) is 0 Å². The SMILES string of the molecule is c1cc2c(c([C]3CCC3)c1)OCO2. The fourth-order valence-corrected chi connectivity index (χ4v) is 1.83. The van der Waals surface area contributed by atoms with E-state index in [1.807, 2.05) is 12.1 Å². The smallest absolute Gasteiger partial charge is 0.231 e. The maximum absolute atomic E-state index is 5.44. The summed E-state index contributed by atoms with van der Waals surface area (Å²) < 4.78 is 10.8. The number of hydrogen-bond acceptors (Lipinski definition) is 2. The standard InChI is InChI=1S/C11H11O2/c1-3-8(4-1)9-5-2-6-10-11(9)13-7-12-10/h2,5-6H,1,3-4,7H2. The molecule has 0 spiro atoms. The van der Waals surface area contributed by atoms with Crippen molar-refractivity contribution in [1.82, 2.24) is 0 Å². The Balaban J connectivity index is 2.04. The Bertz CT molecular complexity index is 329. The first-order valence-electron chi connectivity index (χ1n) is 4.69. The van der Waals surface area contributed by atoms with Crippen LogP contribution in [0.4, 0.5) is 0 Å². The van der Waals surface area contributed by atoms with Gasteiger partial charge in [-0.1, -0.05) is 18.6 Å². The molecule has 1 fully saturated rings. The highest BCUT2D eigenvalue weighted by Gasteiger charge is 2.27. The largest absolute Gasteiger partial charge is 0.454 e. The summed E-state index contributed by atoms with van der Waals surface area (Å²) in [6.07, 6.45) is 3.76. The minimum Gasteiger partial charge on any atom is -0.454 e. The lowest BCUT2D eigenvalue weighted by molar-refractivity contribution is 0.173. The molecular weight excluding hydrogens is 164 g/mol. The number of benzene rings is 1. The minimum absolute atomic E-state index is 0.375. The average molecular weight is 175 g/mol. The summed E-state index contributed by atoms with van der Waals surface area (Å²) in [5.74, 6) is 3.37. The van der Waals surface area contributed by atoms with Gasteiger partial charge in [0.1, 0.15) is 0 Å². The quantitative estimate of drug-likeness (QED) is 0.653. The van der Waals surface area contributed by atoms with Crippen LogP contribution in [0.1, 0.15) is 24.8 Å². The Morgan fingerprint density at radius 3 is 2.77 bits per heavy atom. The third-order valence-corrected chi connectivity index (χ3v) is 2.73. The zero-order valence-electron chi connectivity index (χ0n) is 7.38. The molecule has 0 saturated heterocycles. The van der Waals surface area contributed by atoms with Crippen LogP contribution in [0.5, 0.6) is 11.5 Å². The second-order valence-corrected chi connectivity index (χ2v) is 3.50. The summed E-state index contributed by atoms with van der Waals surface area (Å²) in [5, 5.41) is 0. The van der Waals surface area contributed by atoms with Crippen molar-refractivity contribution in [3.8, 4) is 11.5 Å². The van der Waals surface area contributed by atoms with E-state index < -0.39 is 0 Å². The third kappa shape index (κ3) is 1.01. The Morgan fingerprint density at radius 2 is 2.00 bits per heavy atom. The van der Waals surface area contributed by atoms with E-state index in [0.29, 0.717) is 6.79 Å². The van der Waals surface area contributed by atoms with Crippen LogP contribution in [-0.4, -0.2) is 6.79 Å². The van der Waals surface area contributed by atoms with Crippen molar-refractivity contribution in [1.29, 1.82) is 0 Å². The number of para-hydroxylation sites is 1. The Kier molecular flexibility index (Phi) is 1.48. The van der Waals surface area contributed by atoms with Gasteiger partial charge in [-0.05, 0) is 18.9 Å².